The Kier molecular flexibility index (Phi) is 4.89. The second-order valence-corrected chi connectivity index (χ2v) is 9.83. The molecule has 10 nitrogen and oxygen atoms in total. The zero-order valence-electron chi connectivity index (χ0n) is 20.7. The molecule has 1 N–H and O–H groups in total. The van der Waals surface area contributed by atoms with E-state index in [1.165, 1.54) is 0 Å². The number of urea groups is 1. The summed E-state index contributed by atoms with van der Waals surface area (Å²) in [4.78, 5) is 20.0. The lowest BCUT2D eigenvalue weighted by molar-refractivity contribution is 0.168. The van der Waals surface area contributed by atoms with Crippen molar-refractivity contribution in [2.24, 2.45) is 4.99 Å². The van der Waals surface area contributed by atoms with Crippen LogP contribution in [0.3, 0.4) is 0 Å². The number of amidine groups is 1. The molecule has 3 aliphatic rings. The van der Waals surface area contributed by atoms with Crippen molar-refractivity contribution in [3.05, 3.63) is 53.7 Å². The second kappa shape index (κ2) is 7.91. The smallest absolute Gasteiger partial charge is 0.328 e. The molecule has 186 valence electrons. The van der Waals surface area contributed by atoms with Crippen LogP contribution in [0.15, 0.2) is 47.6 Å². The van der Waals surface area contributed by atoms with Crippen LogP contribution < -0.4 is 29.2 Å². The van der Waals surface area contributed by atoms with Crippen molar-refractivity contribution in [2.75, 3.05) is 25.9 Å². The lowest BCUT2D eigenvalue weighted by atomic mass is 9.82. The van der Waals surface area contributed by atoms with Crippen LogP contribution in [0.2, 0.25) is 0 Å². The van der Waals surface area contributed by atoms with E-state index in [0.717, 1.165) is 16.8 Å². The Labute approximate surface area is 208 Å². The van der Waals surface area contributed by atoms with Crippen molar-refractivity contribution in [1.29, 1.82) is 0 Å². The van der Waals surface area contributed by atoms with Gasteiger partial charge >= 0.3 is 6.03 Å². The van der Waals surface area contributed by atoms with Gasteiger partial charge in [0.15, 0.2) is 17.3 Å². The number of aromatic nitrogens is 2. The number of methoxy groups -OCH3 is 2. The molecular weight excluding hydrogens is 462 g/mol. The van der Waals surface area contributed by atoms with Gasteiger partial charge in [0, 0.05) is 22.7 Å². The first-order chi connectivity index (χ1) is 17.3. The van der Waals surface area contributed by atoms with Gasteiger partial charge in [-0.1, -0.05) is 18.2 Å². The molecule has 2 aromatic carbocycles. The Morgan fingerprint density at radius 2 is 1.81 bits per heavy atom. The SMILES string of the molecule is COc1cc(C2c3cnn(C(C)(C)C)c3N=C3NC(=O)N(c4ccccc4)C32)c(OC)c2c1OCO2. The number of nitrogens with one attached hydrogen (secondary N) is 1. The van der Waals surface area contributed by atoms with E-state index in [-0.39, 0.29) is 24.3 Å². The van der Waals surface area contributed by atoms with Crippen LogP contribution in [0.5, 0.6) is 23.0 Å². The highest BCUT2D eigenvalue weighted by atomic mass is 16.7. The van der Waals surface area contributed by atoms with Gasteiger partial charge in [-0.2, -0.15) is 5.10 Å². The number of benzene rings is 2. The van der Waals surface area contributed by atoms with Crippen LogP contribution in [-0.4, -0.2) is 48.7 Å². The van der Waals surface area contributed by atoms with Crippen molar-refractivity contribution >= 4 is 23.4 Å². The van der Waals surface area contributed by atoms with Gasteiger partial charge < -0.3 is 18.9 Å². The van der Waals surface area contributed by atoms with Crippen LogP contribution in [0, 0.1) is 0 Å². The van der Waals surface area contributed by atoms with Crippen LogP contribution in [0.1, 0.15) is 37.8 Å². The molecule has 3 aliphatic heterocycles. The molecule has 0 radical (unpaired) electrons. The number of amides is 2. The highest BCUT2D eigenvalue weighted by Crippen LogP contribution is 2.55. The maximum atomic E-state index is 13.3. The third-order valence-electron chi connectivity index (χ3n) is 6.68. The molecule has 2 atom stereocenters. The Morgan fingerprint density at radius 1 is 1.06 bits per heavy atom. The highest BCUT2D eigenvalue weighted by Gasteiger charge is 2.50. The van der Waals surface area contributed by atoms with Crippen molar-refractivity contribution in [2.45, 2.75) is 38.3 Å². The summed E-state index contributed by atoms with van der Waals surface area (Å²) in [5.74, 6) is 2.87. The van der Waals surface area contributed by atoms with Gasteiger partial charge in [-0.15, -0.1) is 0 Å². The van der Waals surface area contributed by atoms with E-state index in [0.29, 0.717) is 34.7 Å². The first-order valence-corrected chi connectivity index (χ1v) is 11.7. The fourth-order valence-electron chi connectivity index (χ4n) is 5.19. The van der Waals surface area contributed by atoms with Gasteiger partial charge in [0.2, 0.25) is 18.3 Å². The molecular formula is C26H27N5O5. The molecule has 3 aromatic rings. The number of rotatable bonds is 4. The van der Waals surface area contributed by atoms with Crippen LogP contribution in [-0.2, 0) is 5.54 Å². The predicted octanol–water partition coefficient (Wildman–Crippen LogP) is 4.16. The van der Waals surface area contributed by atoms with E-state index in [9.17, 15) is 4.79 Å². The van der Waals surface area contributed by atoms with Gasteiger partial charge in [-0.25, -0.2) is 14.5 Å². The molecule has 2 amide bonds. The Hall–Kier alpha value is -4.21. The van der Waals surface area contributed by atoms with Crippen molar-refractivity contribution < 1.29 is 23.7 Å². The maximum Gasteiger partial charge on any atom is 0.328 e. The summed E-state index contributed by atoms with van der Waals surface area (Å²) in [6.45, 7) is 6.26. The highest BCUT2D eigenvalue weighted by molar-refractivity contribution is 6.18. The molecule has 0 aliphatic carbocycles. The standard InChI is InChI=1S/C26H27N5O5/c1-26(2,3)31-24-16(12-27-31)18(15-11-17(33-4)21-22(20(15)34-5)36-13-35-21)19-23(28-24)29-25(32)30(19)14-9-7-6-8-10-14/h6-12,18-19H,13H2,1-5H3,(H,28,29,32). The molecule has 1 saturated heterocycles. The van der Waals surface area contributed by atoms with E-state index in [1.807, 2.05) is 47.3 Å². The van der Waals surface area contributed by atoms with Gasteiger partial charge in [-0.05, 0) is 39.0 Å². The minimum absolute atomic E-state index is 0.0652. The van der Waals surface area contributed by atoms with Crippen molar-refractivity contribution in [1.82, 2.24) is 15.1 Å². The summed E-state index contributed by atoms with van der Waals surface area (Å²) in [6, 6.07) is 10.7. The summed E-state index contributed by atoms with van der Waals surface area (Å²) in [5, 5.41) is 7.71. The minimum atomic E-state index is -0.469. The topological polar surface area (TPSA) is 99.4 Å². The van der Waals surface area contributed by atoms with Crippen LogP contribution >= 0.6 is 0 Å². The Balaban J connectivity index is 1.63. The minimum Gasteiger partial charge on any atom is -0.493 e. The third-order valence-corrected chi connectivity index (χ3v) is 6.68. The largest absolute Gasteiger partial charge is 0.493 e. The zero-order valence-corrected chi connectivity index (χ0v) is 20.7. The fraction of sp³-hybridized carbons (Fsp3) is 0.346. The lowest BCUT2D eigenvalue weighted by Gasteiger charge is -2.34. The number of para-hydroxylation sites is 1. The molecule has 0 spiro atoms. The van der Waals surface area contributed by atoms with Gasteiger partial charge in [0.1, 0.15) is 11.9 Å². The number of anilines is 1. The fourth-order valence-corrected chi connectivity index (χ4v) is 5.19. The Bertz CT molecular complexity index is 1390. The molecule has 0 saturated carbocycles. The number of hydrogen-bond donors (Lipinski definition) is 1. The summed E-state index contributed by atoms with van der Waals surface area (Å²) in [5.41, 5.74) is 2.08. The predicted molar refractivity (Wildman–Crippen MR) is 133 cm³/mol. The third kappa shape index (κ3) is 3.13. The molecule has 6 rings (SSSR count). The monoisotopic (exact) mass is 489 g/mol. The summed E-state index contributed by atoms with van der Waals surface area (Å²) < 4.78 is 24.9. The van der Waals surface area contributed by atoms with E-state index >= 15 is 0 Å². The maximum absolute atomic E-state index is 13.3. The number of ether oxygens (including phenoxy) is 4. The van der Waals surface area contributed by atoms with Gasteiger partial charge in [0.05, 0.1) is 26.0 Å². The molecule has 1 fully saturated rings. The van der Waals surface area contributed by atoms with E-state index in [1.54, 1.807) is 19.1 Å². The lowest BCUT2D eigenvalue weighted by Crippen LogP contribution is -2.42. The van der Waals surface area contributed by atoms with Crippen LogP contribution in [0.25, 0.3) is 0 Å². The average molecular weight is 490 g/mol. The summed E-state index contributed by atoms with van der Waals surface area (Å²) >= 11 is 0. The van der Waals surface area contributed by atoms with E-state index in [4.69, 9.17) is 29.0 Å². The van der Waals surface area contributed by atoms with E-state index in [2.05, 4.69) is 26.1 Å². The number of nitrogens with zero attached hydrogens (tertiary/aromatic N) is 4. The first kappa shape index (κ1) is 22.3. The first-order valence-electron chi connectivity index (χ1n) is 11.7. The molecule has 0 bridgehead atoms. The zero-order chi connectivity index (χ0) is 25.2. The number of fused-ring (bicyclic) bond motifs is 3. The number of carbonyl (C=O) groups excluding carboxylic acids is 1. The summed E-state index contributed by atoms with van der Waals surface area (Å²) in [6.07, 6.45) is 1.83. The molecule has 1 aromatic heterocycles. The summed E-state index contributed by atoms with van der Waals surface area (Å²) in [7, 11) is 3.18. The average Bonchev–Trinajstić information content (AvgIpc) is 3.58. The van der Waals surface area contributed by atoms with Gasteiger partial charge in [0.25, 0.3) is 0 Å². The van der Waals surface area contributed by atoms with Gasteiger partial charge in [-0.3, -0.25) is 10.2 Å². The number of carbonyl (C=O) groups is 1. The van der Waals surface area contributed by atoms with Crippen molar-refractivity contribution in [3.63, 3.8) is 0 Å². The normalized spacial score (nSPS) is 20.0. The van der Waals surface area contributed by atoms with Crippen molar-refractivity contribution in [3.8, 4) is 23.0 Å². The van der Waals surface area contributed by atoms with E-state index < -0.39 is 6.04 Å². The quantitative estimate of drug-likeness (QED) is 0.591. The number of aliphatic imine (C=N–C) groups is 1. The molecule has 36 heavy (non-hydrogen) atoms. The second-order valence-electron chi connectivity index (χ2n) is 9.83. The molecule has 4 heterocycles. The Morgan fingerprint density at radius 3 is 2.50 bits per heavy atom. The molecule has 10 heteroatoms. The number of hydrogen-bond acceptors (Lipinski definition) is 7. The molecule has 2 unspecified atom stereocenters. The van der Waals surface area contributed by atoms with Crippen LogP contribution in [0.4, 0.5) is 16.3 Å².